The van der Waals surface area contributed by atoms with E-state index in [0.717, 1.165) is 16.9 Å². The molecule has 1 aromatic heterocycles. The molecule has 0 spiro atoms. The predicted molar refractivity (Wildman–Crippen MR) is 76.6 cm³/mol. The van der Waals surface area contributed by atoms with Crippen LogP contribution in [0.15, 0.2) is 49.1 Å². The molecule has 4 nitrogen and oxygen atoms in total. The van der Waals surface area contributed by atoms with E-state index < -0.39 is 0 Å². The molecule has 0 saturated heterocycles. The van der Waals surface area contributed by atoms with Crippen LogP contribution < -0.4 is 5.32 Å². The lowest BCUT2D eigenvalue weighted by molar-refractivity contribution is -0.117. The van der Waals surface area contributed by atoms with Gasteiger partial charge in [0.15, 0.2) is 0 Å². The van der Waals surface area contributed by atoms with Crippen LogP contribution in [0.5, 0.6) is 0 Å². The molecule has 1 heterocycles. The van der Waals surface area contributed by atoms with Crippen LogP contribution >= 0.6 is 0 Å². The highest BCUT2D eigenvalue weighted by Crippen LogP contribution is 2.16. The molecule has 0 aliphatic rings. The van der Waals surface area contributed by atoms with Crippen LogP contribution in [0, 0.1) is 0 Å². The summed E-state index contributed by atoms with van der Waals surface area (Å²) in [6.45, 7) is 10.1. The zero-order chi connectivity index (χ0) is 13.8. The van der Waals surface area contributed by atoms with E-state index in [2.05, 4.69) is 23.5 Å². The molecule has 19 heavy (non-hydrogen) atoms. The number of imidazole rings is 1. The number of hydrogen-bond acceptors (Lipinski definition) is 2. The first kappa shape index (κ1) is 13.1. The Morgan fingerprint density at radius 2 is 2.21 bits per heavy atom. The molecule has 2 rings (SSSR count). The second kappa shape index (κ2) is 5.52. The number of para-hydroxylation sites is 2. The van der Waals surface area contributed by atoms with Crippen LogP contribution in [-0.2, 0) is 17.9 Å². The van der Waals surface area contributed by atoms with Crippen LogP contribution in [0.3, 0.4) is 0 Å². The fraction of sp³-hybridized carbons (Fsp3) is 0.200. The highest BCUT2D eigenvalue weighted by Gasteiger charge is 2.10. The highest BCUT2D eigenvalue weighted by molar-refractivity contribution is 5.92. The Bertz CT molecular complexity index is 640. The summed E-state index contributed by atoms with van der Waals surface area (Å²) in [5.41, 5.74) is 2.46. The molecule has 1 aromatic carbocycles. The van der Waals surface area contributed by atoms with Crippen molar-refractivity contribution in [3.8, 4) is 0 Å². The summed E-state index contributed by atoms with van der Waals surface area (Å²) >= 11 is 0. The summed E-state index contributed by atoms with van der Waals surface area (Å²) < 4.78 is 2.04. The molecule has 0 bridgehead atoms. The van der Waals surface area contributed by atoms with Gasteiger partial charge in [-0.1, -0.05) is 24.8 Å². The smallest absolute Gasteiger partial charge is 0.246 e. The van der Waals surface area contributed by atoms with Gasteiger partial charge in [0.2, 0.25) is 5.91 Å². The second-order valence-electron chi connectivity index (χ2n) is 4.38. The molecule has 4 heteroatoms. The van der Waals surface area contributed by atoms with Crippen LogP contribution in [0.4, 0.5) is 0 Å². The van der Waals surface area contributed by atoms with Gasteiger partial charge in [0.05, 0.1) is 17.6 Å². The standard InChI is InChI=1S/C15H17N3O/c1-4-9-18-13-8-6-5-7-12(13)17-14(18)10-16-15(19)11(2)3/h4-8H,1-2,9-10H2,3H3,(H,16,19). The number of hydrogen-bond donors (Lipinski definition) is 1. The minimum absolute atomic E-state index is 0.155. The molecule has 98 valence electrons. The maximum Gasteiger partial charge on any atom is 0.246 e. The van der Waals surface area contributed by atoms with Gasteiger partial charge < -0.3 is 9.88 Å². The third-order valence-corrected chi connectivity index (χ3v) is 2.84. The van der Waals surface area contributed by atoms with Crippen LogP contribution in [-0.4, -0.2) is 15.5 Å². The van der Waals surface area contributed by atoms with E-state index in [1.165, 1.54) is 0 Å². The molecule has 0 aliphatic heterocycles. The lowest BCUT2D eigenvalue weighted by Gasteiger charge is -2.07. The molecule has 1 amide bonds. The quantitative estimate of drug-likeness (QED) is 0.659. The fourth-order valence-corrected chi connectivity index (χ4v) is 1.90. The van der Waals surface area contributed by atoms with Crippen molar-refractivity contribution in [2.45, 2.75) is 20.0 Å². The summed E-state index contributed by atoms with van der Waals surface area (Å²) in [5.74, 6) is 0.660. The monoisotopic (exact) mass is 255 g/mol. The van der Waals surface area contributed by atoms with Gasteiger partial charge in [-0.3, -0.25) is 4.79 Å². The number of benzene rings is 1. The Morgan fingerprint density at radius 3 is 2.89 bits per heavy atom. The zero-order valence-electron chi connectivity index (χ0n) is 11.0. The van der Waals surface area contributed by atoms with E-state index in [9.17, 15) is 4.79 Å². The van der Waals surface area contributed by atoms with Gasteiger partial charge in [-0.15, -0.1) is 6.58 Å². The Kier molecular flexibility index (Phi) is 3.80. The molecule has 0 fully saturated rings. The van der Waals surface area contributed by atoms with Crippen molar-refractivity contribution in [1.29, 1.82) is 0 Å². The van der Waals surface area contributed by atoms with Crippen molar-refractivity contribution in [1.82, 2.24) is 14.9 Å². The van der Waals surface area contributed by atoms with Crippen molar-refractivity contribution in [3.63, 3.8) is 0 Å². The maximum absolute atomic E-state index is 11.5. The number of rotatable bonds is 5. The Labute approximate surface area is 112 Å². The summed E-state index contributed by atoms with van der Waals surface area (Å²) in [5, 5.41) is 2.80. The third-order valence-electron chi connectivity index (χ3n) is 2.84. The number of allylic oxidation sites excluding steroid dienone is 1. The SMILES string of the molecule is C=CCn1c(CNC(=O)C(=C)C)nc2ccccc21. The van der Waals surface area contributed by atoms with Crippen molar-refractivity contribution in [2.75, 3.05) is 0 Å². The largest absolute Gasteiger partial charge is 0.345 e. The van der Waals surface area contributed by atoms with Gasteiger partial charge in [0.25, 0.3) is 0 Å². The molecule has 0 saturated carbocycles. The molecule has 2 aromatic rings. The van der Waals surface area contributed by atoms with Gasteiger partial charge in [-0.2, -0.15) is 0 Å². The number of carbonyl (C=O) groups is 1. The average Bonchev–Trinajstić information content (AvgIpc) is 2.75. The van der Waals surface area contributed by atoms with Crippen LogP contribution in [0.25, 0.3) is 11.0 Å². The predicted octanol–water partition coefficient (Wildman–Crippen LogP) is 2.41. The van der Waals surface area contributed by atoms with Gasteiger partial charge in [-0.05, 0) is 19.1 Å². The Balaban J connectivity index is 2.31. The lowest BCUT2D eigenvalue weighted by Crippen LogP contribution is -2.24. The van der Waals surface area contributed by atoms with Crippen molar-refractivity contribution in [3.05, 3.63) is 54.9 Å². The van der Waals surface area contributed by atoms with Crippen molar-refractivity contribution >= 4 is 16.9 Å². The topological polar surface area (TPSA) is 46.9 Å². The molecular weight excluding hydrogens is 238 g/mol. The van der Waals surface area contributed by atoms with Gasteiger partial charge in [-0.25, -0.2) is 4.98 Å². The van der Waals surface area contributed by atoms with E-state index >= 15 is 0 Å². The molecule has 0 aliphatic carbocycles. The molecule has 0 unspecified atom stereocenters. The first-order chi connectivity index (χ1) is 9.13. The summed E-state index contributed by atoms with van der Waals surface area (Å²) in [7, 11) is 0. The number of nitrogens with one attached hydrogen (secondary N) is 1. The van der Waals surface area contributed by atoms with Crippen LogP contribution in [0.2, 0.25) is 0 Å². The number of carbonyl (C=O) groups excluding carboxylic acids is 1. The first-order valence-corrected chi connectivity index (χ1v) is 6.12. The second-order valence-corrected chi connectivity index (χ2v) is 4.38. The summed E-state index contributed by atoms with van der Waals surface area (Å²) in [6.07, 6.45) is 1.82. The molecular formula is C15H17N3O. The van der Waals surface area contributed by atoms with Gasteiger partial charge in [0.1, 0.15) is 5.82 Å². The summed E-state index contributed by atoms with van der Waals surface area (Å²) in [4.78, 5) is 16.1. The minimum Gasteiger partial charge on any atom is -0.345 e. The number of aromatic nitrogens is 2. The van der Waals surface area contributed by atoms with Crippen LogP contribution in [0.1, 0.15) is 12.7 Å². The average molecular weight is 255 g/mol. The van der Waals surface area contributed by atoms with E-state index in [1.807, 2.05) is 34.9 Å². The van der Waals surface area contributed by atoms with E-state index in [1.54, 1.807) is 6.92 Å². The number of amides is 1. The van der Waals surface area contributed by atoms with E-state index in [0.29, 0.717) is 18.7 Å². The lowest BCUT2D eigenvalue weighted by atomic mass is 10.3. The highest BCUT2D eigenvalue weighted by atomic mass is 16.1. The van der Waals surface area contributed by atoms with Crippen molar-refractivity contribution in [2.24, 2.45) is 0 Å². The van der Waals surface area contributed by atoms with Gasteiger partial charge >= 0.3 is 0 Å². The van der Waals surface area contributed by atoms with E-state index in [-0.39, 0.29) is 5.91 Å². The first-order valence-electron chi connectivity index (χ1n) is 6.12. The van der Waals surface area contributed by atoms with Crippen molar-refractivity contribution < 1.29 is 4.79 Å². The molecule has 0 radical (unpaired) electrons. The molecule has 0 atom stereocenters. The number of fused-ring (bicyclic) bond motifs is 1. The normalized spacial score (nSPS) is 10.4. The van der Waals surface area contributed by atoms with E-state index in [4.69, 9.17) is 0 Å². The molecule has 1 N–H and O–H groups in total. The third kappa shape index (κ3) is 2.73. The zero-order valence-corrected chi connectivity index (χ0v) is 11.0. The maximum atomic E-state index is 11.5. The van der Waals surface area contributed by atoms with Gasteiger partial charge in [0, 0.05) is 12.1 Å². The Hall–Kier alpha value is -2.36. The Morgan fingerprint density at radius 1 is 1.47 bits per heavy atom. The fourth-order valence-electron chi connectivity index (χ4n) is 1.90. The minimum atomic E-state index is -0.155. The summed E-state index contributed by atoms with van der Waals surface area (Å²) in [6, 6.07) is 7.89. The number of nitrogens with zero attached hydrogens (tertiary/aromatic N) is 2.